The van der Waals surface area contributed by atoms with E-state index in [2.05, 4.69) is 0 Å². The van der Waals surface area contributed by atoms with E-state index in [1.165, 1.54) is 12.1 Å². The minimum absolute atomic E-state index is 0.278. The van der Waals surface area contributed by atoms with E-state index >= 15 is 0 Å². The molecule has 11 aromatic carbocycles. The SMILES string of the molecule is [2H]c1c([2H])c([2H])c2c(c1[2H])-c1c([2H])c([2H])c([2H])c([2H])c1C21c2c([2H])c([2H])c([2H])c([2H])c2-c2c(N(c3ccc(-c4ccc5ccccc5c4-c4ccc(-c5ccccc5)cc4)cc3)c3c([2H])c([2H])c4c(c3[2H])C(C([2H])([2H])[2H])(C([2H])([2H])[2H])c3c([2H])c([2H])c([2H])c([2H])c3-4)c([2H])c([2H])c([2H])c21. The van der Waals surface area contributed by atoms with Crippen LogP contribution in [-0.2, 0) is 10.8 Å². The molecule has 0 fully saturated rings. The zero-order valence-corrected chi connectivity index (χ0v) is 35.9. The maximum atomic E-state index is 10.6. The van der Waals surface area contributed by atoms with Crippen molar-refractivity contribution < 1.29 is 38.4 Å². The smallest absolute Gasteiger partial charge is 0.0726 e. The Bertz CT molecular complexity index is 5300. The number of hydrogen-bond acceptors (Lipinski definition) is 1. The molecular weight excluding hydrogens is 831 g/mol. The third-order valence-electron chi connectivity index (χ3n) is 13.5. The standard InChI is InChI=1S/C68H47N/c1-67(2)58-25-12-8-21-53(58)56-42-40-50(43-63(56)67)69(64-30-16-29-62-66(64)57-24-11-15-28-61(57)68(62)59-26-13-9-22-54(59)55-23-10-14-27-60(55)68)49-38-35-47(36-39-49)52-41-37-46-19-6-7-20-51(46)65(52)48-33-31-45(32-34-48)44-17-4-3-5-18-44/h3-43H,1-2H3/i1D3,2D3,8D,9D,10D,11D,12D,13D,14D,15D,16D,21D,22D,23D,24D,25D,26D,27D,28D,29D,30D,40D,42D,43D. The second-order valence-corrected chi connectivity index (χ2v) is 17.0. The second kappa shape index (κ2) is 15.0. The van der Waals surface area contributed by atoms with Gasteiger partial charge in [0.15, 0.2) is 0 Å². The van der Waals surface area contributed by atoms with E-state index in [-0.39, 0.29) is 5.69 Å². The molecule has 3 aliphatic rings. The number of rotatable bonds is 6. The van der Waals surface area contributed by atoms with Crippen molar-refractivity contribution in [2.75, 3.05) is 4.90 Å². The summed E-state index contributed by atoms with van der Waals surface area (Å²) in [5.74, 6) is 0. The van der Waals surface area contributed by atoms with Crippen LogP contribution in [0.5, 0.6) is 0 Å². The van der Waals surface area contributed by atoms with Crippen LogP contribution in [-0.4, -0.2) is 0 Å². The van der Waals surface area contributed by atoms with Gasteiger partial charge in [0.1, 0.15) is 0 Å². The fourth-order valence-electron chi connectivity index (χ4n) is 10.5. The van der Waals surface area contributed by atoms with Crippen LogP contribution >= 0.6 is 0 Å². The van der Waals surface area contributed by atoms with Crippen molar-refractivity contribution in [3.63, 3.8) is 0 Å². The molecule has 0 aliphatic heterocycles. The number of benzene rings is 11. The van der Waals surface area contributed by atoms with E-state index in [9.17, 15) is 30.2 Å². The molecule has 0 N–H and O–H groups in total. The van der Waals surface area contributed by atoms with Gasteiger partial charge in [-0.15, -0.1) is 0 Å². The number of fused-ring (bicyclic) bond motifs is 14. The Labute approximate surface area is 443 Å². The van der Waals surface area contributed by atoms with Crippen LogP contribution < -0.4 is 4.90 Å². The average molecular weight is 906 g/mol. The van der Waals surface area contributed by atoms with Crippen molar-refractivity contribution in [1.82, 2.24) is 0 Å². The van der Waals surface area contributed by atoms with Crippen molar-refractivity contribution in [2.45, 2.75) is 24.5 Å². The molecule has 0 saturated carbocycles. The molecule has 69 heavy (non-hydrogen) atoms. The van der Waals surface area contributed by atoms with E-state index in [1.807, 2.05) is 91.0 Å². The van der Waals surface area contributed by atoms with Gasteiger partial charge in [-0.2, -0.15) is 0 Å². The molecule has 1 nitrogen and oxygen atoms in total. The van der Waals surface area contributed by atoms with Gasteiger partial charge in [-0.3, -0.25) is 0 Å². The summed E-state index contributed by atoms with van der Waals surface area (Å²) in [5.41, 5.74) is -13.1. The largest absolute Gasteiger partial charge is 0.310 e. The minimum Gasteiger partial charge on any atom is -0.310 e. The summed E-state index contributed by atoms with van der Waals surface area (Å²) in [7, 11) is 0. The summed E-state index contributed by atoms with van der Waals surface area (Å²) >= 11 is 0. The molecule has 0 amide bonds. The third-order valence-corrected chi connectivity index (χ3v) is 13.5. The molecule has 0 saturated heterocycles. The van der Waals surface area contributed by atoms with E-state index in [1.54, 1.807) is 12.1 Å². The van der Waals surface area contributed by atoms with Gasteiger partial charge in [-0.25, -0.2) is 0 Å². The van der Waals surface area contributed by atoms with Crippen LogP contribution in [0.2, 0.25) is 0 Å². The zero-order valence-electron chi connectivity index (χ0n) is 63.9. The van der Waals surface area contributed by atoms with Gasteiger partial charge in [0.05, 0.1) is 41.3 Å². The molecule has 14 rings (SSSR count). The predicted molar refractivity (Wildman–Crippen MR) is 289 cm³/mol. The van der Waals surface area contributed by atoms with Gasteiger partial charge in [0.25, 0.3) is 0 Å². The first-order chi connectivity index (χ1) is 45.6. The fourth-order valence-corrected chi connectivity index (χ4v) is 10.5. The lowest BCUT2D eigenvalue weighted by atomic mass is 9.70. The van der Waals surface area contributed by atoms with Gasteiger partial charge >= 0.3 is 0 Å². The summed E-state index contributed by atoms with van der Waals surface area (Å²) in [5, 5.41) is 1.68. The first-order valence-corrected chi connectivity index (χ1v) is 22.0. The second-order valence-electron chi connectivity index (χ2n) is 17.0. The molecule has 1 heteroatoms. The van der Waals surface area contributed by atoms with Crippen molar-refractivity contribution in [1.29, 1.82) is 0 Å². The lowest BCUT2D eigenvalue weighted by Crippen LogP contribution is -2.26. The normalized spacial score (nSPS) is 20.0. The monoisotopic (exact) mass is 906 g/mol. The molecule has 3 aliphatic carbocycles. The molecule has 0 bridgehead atoms. The summed E-state index contributed by atoms with van der Waals surface area (Å²) in [6.07, 6.45) is 0. The Kier molecular flexibility index (Phi) is 4.51. The summed E-state index contributed by atoms with van der Waals surface area (Å²) in [4.78, 5) is 0.873. The van der Waals surface area contributed by atoms with Gasteiger partial charge < -0.3 is 4.90 Å². The molecule has 11 aromatic rings. The first-order valence-electron chi connectivity index (χ1n) is 36.0. The van der Waals surface area contributed by atoms with E-state index in [0.717, 1.165) is 37.9 Å². The molecular formula is C68H47N. The van der Waals surface area contributed by atoms with Crippen LogP contribution in [0.15, 0.2) is 248 Å². The third kappa shape index (κ3) is 5.65. The van der Waals surface area contributed by atoms with Crippen LogP contribution in [0.1, 0.15) is 85.5 Å². The van der Waals surface area contributed by atoms with Crippen molar-refractivity contribution in [3.05, 3.63) is 282 Å². The highest BCUT2D eigenvalue weighted by molar-refractivity contribution is 6.05. The maximum Gasteiger partial charge on any atom is 0.0726 e. The highest BCUT2D eigenvalue weighted by Gasteiger charge is 2.52. The molecule has 1 spiro atoms. The molecule has 0 atom stereocenters. The van der Waals surface area contributed by atoms with E-state index < -0.39 is 236 Å². The Morgan fingerprint density at radius 2 is 0.913 bits per heavy atom. The molecule has 0 unspecified atom stereocenters. The molecule has 0 heterocycles. The lowest BCUT2D eigenvalue weighted by Gasteiger charge is -2.32. The lowest BCUT2D eigenvalue weighted by molar-refractivity contribution is 0.660. The van der Waals surface area contributed by atoms with Crippen molar-refractivity contribution in [3.8, 4) is 66.8 Å². The van der Waals surface area contributed by atoms with Crippen LogP contribution in [0.4, 0.5) is 17.1 Å². The first kappa shape index (κ1) is 20.8. The highest BCUT2D eigenvalue weighted by atomic mass is 15.1. The zero-order chi connectivity index (χ0) is 70.0. The summed E-state index contributed by atoms with van der Waals surface area (Å²) < 4.78 is 266. The average Bonchev–Trinajstić information content (AvgIpc) is 1.40. The quantitative estimate of drug-likeness (QED) is 0.161. The van der Waals surface area contributed by atoms with Gasteiger partial charge in [0.2, 0.25) is 0 Å². The topological polar surface area (TPSA) is 3.24 Å². The summed E-state index contributed by atoms with van der Waals surface area (Å²) in [6.45, 7) is -7.85. The van der Waals surface area contributed by atoms with E-state index in [4.69, 9.17) is 8.22 Å². The molecule has 0 aromatic heterocycles. The number of nitrogens with zero attached hydrogens (tertiary/aromatic N) is 1. The minimum atomic E-state index is -3.92. The number of hydrogen-bond donors (Lipinski definition) is 0. The number of anilines is 3. The van der Waals surface area contributed by atoms with Crippen molar-refractivity contribution in [2.24, 2.45) is 0 Å². The Morgan fingerprint density at radius 1 is 0.362 bits per heavy atom. The van der Waals surface area contributed by atoms with Crippen LogP contribution in [0.25, 0.3) is 77.5 Å². The van der Waals surface area contributed by atoms with Gasteiger partial charge in [-0.05, 0) is 136 Å². The van der Waals surface area contributed by atoms with E-state index in [0.29, 0.717) is 11.1 Å². The Morgan fingerprint density at radius 3 is 1.62 bits per heavy atom. The van der Waals surface area contributed by atoms with Crippen LogP contribution in [0, 0.1) is 0 Å². The van der Waals surface area contributed by atoms with Gasteiger partial charge in [-0.1, -0.05) is 232 Å². The Hall–Kier alpha value is -8.52. The Balaban J connectivity index is 1.17. The summed E-state index contributed by atoms with van der Waals surface area (Å²) in [6, 6.07) is 12.7. The van der Waals surface area contributed by atoms with Crippen molar-refractivity contribution >= 4 is 27.8 Å². The van der Waals surface area contributed by atoms with Gasteiger partial charge in [0, 0.05) is 30.6 Å². The highest BCUT2D eigenvalue weighted by Crippen LogP contribution is 2.65. The molecule has 0 radical (unpaired) electrons. The predicted octanol–water partition coefficient (Wildman–Crippen LogP) is 18.0. The molecule has 324 valence electrons. The van der Waals surface area contributed by atoms with Crippen LogP contribution in [0.3, 0.4) is 0 Å². The fraction of sp³-hybridized carbons (Fsp3) is 0.0588. The maximum absolute atomic E-state index is 10.6.